The lowest BCUT2D eigenvalue weighted by molar-refractivity contribution is 0.0559. The topological polar surface area (TPSA) is 25.4 Å². The number of rotatable bonds is 2. The van der Waals surface area contributed by atoms with Crippen LogP contribution in [0.15, 0.2) is 24.3 Å². The van der Waals surface area contributed by atoms with Crippen LogP contribution >= 0.6 is 0 Å². The van der Waals surface area contributed by atoms with Crippen molar-refractivity contribution in [3.63, 3.8) is 0 Å². The Bertz CT molecular complexity index is 771. The van der Waals surface area contributed by atoms with Gasteiger partial charge in [0.15, 0.2) is 0 Å². The molecule has 0 spiro atoms. The third-order valence-electron chi connectivity index (χ3n) is 5.47. The van der Waals surface area contributed by atoms with Crippen molar-refractivity contribution in [2.24, 2.45) is 5.41 Å². The fourth-order valence-corrected chi connectivity index (χ4v) is 4.15. The van der Waals surface area contributed by atoms with Crippen LogP contribution in [0.25, 0.3) is 10.9 Å². The summed E-state index contributed by atoms with van der Waals surface area (Å²) in [6, 6.07) is 9.03. The molecule has 1 aliphatic rings. The molecule has 1 aromatic heterocycles. The second-order valence-electron chi connectivity index (χ2n) is 9.96. The molecule has 3 rings (SSSR count). The van der Waals surface area contributed by atoms with E-state index < -0.39 is 0 Å². The quantitative estimate of drug-likeness (QED) is 0.710. The average Bonchev–Trinajstić information content (AvgIpc) is 2.90. The third kappa shape index (κ3) is 3.88. The van der Waals surface area contributed by atoms with Gasteiger partial charge in [0.25, 0.3) is 0 Å². The van der Waals surface area contributed by atoms with E-state index in [0.717, 1.165) is 35.3 Å². The van der Waals surface area contributed by atoms with Crippen molar-refractivity contribution in [2.45, 2.75) is 79.5 Å². The molecule has 0 saturated carbocycles. The molecule has 1 saturated heterocycles. The zero-order valence-corrected chi connectivity index (χ0v) is 17.7. The van der Waals surface area contributed by atoms with Crippen molar-refractivity contribution in [3.8, 4) is 5.75 Å². The Morgan fingerprint density at radius 3 is 2.31 bits per heavy atom. The van der Waals surface area contributed by atoms with Crippen molar-refractivity contribution < 1.29 is 4.74 Å². The zero-order chi connectivity index (χ0) is 19.3. The number of fused-ring (bicyclic) bond motifs is 1. The Balaban J connectivity index is 1.91. The third-order valence-corrected chi connectivity index (χ3v) is 5.47. The standard InChI is InChI=1S/C23H34N2O/c1-15-9-10-18-19(11-15)24-16(2)12-20(18)26-17-13-21(22(3,4)5)25(14-17)23(6,7)8/h9-12,17,21H,13-14H2,1-8H3. The molecule has 2 atom stereocenters. The minimum atomic E-state index is 0.142. The average molecular weight is 355 g/mol. The maximum Gasteiger partial charge on any atom is 0.130 e. The van der Waals surface area contributed by atoms with Crippen molar-refractivity contribution in [1.82, 2.24) is 9.88 Å². The highest BCUT2D eigenvalue weighted by Gasteiger charge is 2.44. The predicted octanol–water partition coefficient (Wildman–Crippen LogP) is 5.52. The van der Waals surface area contributed by atoms with Gasteiger partial charge in [-0.2, -0.15) is 0 Å². The lowest BCUT2D eigenvalue weighted by Crippen LogP contribution is -2.49. The van der Waals surface area contributed by atoms with Crippen LogP contribution in [0, 0.1) is 19.3 Å². The summed E-state index contributed by atoms with van der Waals surface area (Å²) in [5.74, 6) is 0.973. The number of hydrogen-bond donors (Lipinski definition) is 0. The van der Waals surface area contributed by atoms with E-state index >= 15 is 0 Å². The maximum absolute atomic E-state index is 6.58. The molecule has 26 heavy (non-hydrogen) atoms. The van der Waals surface area contributed by atoms with Crippen molar-refractivity contribution in [3.05, 3.63) is 35.5 Å². The Morgan fingerprint density at radius 1 is 1.04 bits per heavy atom. The fraction of sp³-hybridized carbons (Fsp3) is 0.609. The Hall–Kier alpha value is -1.61. The highest BCUT2D eigenvalue weighted by Crippen LogP contribution is 2.39. The molecule has 2 heterocycles. The largest absolute Gasteiger partial charge is 0.488 e. The SMILES string of the molecule is Cc1ccc2c(OC3CC(C(C)(C)C)N(C(C)(C)C)C3)cc(C)nc2c1. The summed E-state index contributed by atoms with van der Waals surface area (Å²) in [5, 5.41) is 1.11. The number of aryl methyl sites for hydroxylation is 2. The predicted molar refractivity (Wildman–Crippen MR) is 110 cm³/mol. The van der Waals surface area contributed by atoms with Gasteiger partial charge in [-0.1, -0.05) is 26.8 Å². The van der Waals surface area contributed by atoms with E-state index in [1.165, 1.54) is 5.56 Å². The fourth-order valence-electron chi connectivity index (χ4n) is 4.15. The maximum atomic E-state index is 6.58. The molecule has 0 bridgehead atoms. The molecule has 0 N–H and O–H groups in total. The van der Waals surface area contributed by atoms with Gasteiger partial charge in [0.1, 0.15) is 11.9 Å². The number of ether oxygens (including phenoxy) is 1. The van der Waals surface area contributed by atoms with Crippen LogP contribution in [0.5, 0.6) is 5.75 Å². The van der Waals surface area contributed by atoms with E-state index in [2.05, 4.69) is 82.6 Å². The van der Waals surface area contributed by atoms with E-state index in [1.807, 2.05) is 6.92 Å². The first-order chi connectivity index (χ1) is 11.9. The van der Waals surface area contributed by atoms with Gasteiger partial charge >= 0.3 is 0 Å². The van der Waals surface area contributed by atoms with Crippen molar-refractivity contribution in [2.75, 3.05) is 6.54 Å². The van der Waals surface area contributed by atoms with Crippen LogP contribution in [0.4, 0.5) is 0 Å². The Kier molecular flexibility index (Phi) is 4.81. The van der Waals surface area contributed by atoms with Crippen LogP contribution in [-0.2, 0) is 0 Å². The highest BCUT2D eigenvalue weighted by molar-refractivity contribution is 5.85. The molecule has 2 unspecified atom stereocenters. The molecule has 3 nitrogen and oxygen atoms in total. The normalized spacial score (nSPS) is 22.2. The monoisotopic (exact) mass is 354 g/mol. The minimum Gasteiger partial charge on any atom is -0.488 e. The summed E-state index contributed by atoms with van der Waals surface area (Å²) in [6.45, 7) is 19.1. The molecule has 0 amide bonds. The summed E-state index contributed by atoms with van der Waals surface area (Å²) < 4.78 is 6.58. The van der Waals surface area contributed by atoms with Crippen molar-refractivity contribution >= 4 is 10.9 Å². The molecule has 1 fully saturated rings. The first-order valence-corrected chi connectivity index (χ1v) is 9.76. The number of aromatic nitrogens is 1. The van der Waals surface area contributed by atoms with Gasteiger partial charge in [0.2, 0.25) is 0 Å². The van der Waals surface area contributed by atoms with Gasteiger partial charge in [0.05, 0.1) is 5.52 Å². The Labute approximate surface area is 158 Å². The smallest absolute Gasteiger partial charge is 0.130 e. The number of benzene rings is 1. The summed E-state index contributed by atoms with van der Waals surface area (Å²) in [7, 11) is 0. The lowest BCUT2D eigenvalue weighted by atomic mass is 9.83. The first kappa shape index (κ1) is 19.2. The van der Waals surface area contributed by atoms with Crippen LogP contribution in [-0.4, -0.2) is 34.1 Å². The molecule has 3 heteroatoms. The van der Waals surface area contributed by atoms with Crippen LogP contribution in [0.2, 0.25) is 0 Å². The molecular weight excluding hydrogens is 320 g/mol. The molecule has 142 valence electrons. The lowest BCUT2D eigenvalue weighted by Gasteiger charge is -2.42. The van der Waals surface area contributed by atoms with E-state index in [1.54, 1.807) is 0 Å². The van der Waals surface area contributed by atoms with E-state index in [0.29, 0.717) is 6.04 Å². The van der Waals surface area contributed by atoms with E-state index in [-0.39, 0.29) is 17.1 Å². The number of nitrogens with zero attached hydrogens (tertiary/aromatic N) is 2. The van der Waals surface area contributed by atoms with E-state index in [4.69, 9.17) is 4.74 Å². The van der Waals surface area contributed by atoms with Gasteiger partial charge < -0.3 is 4.74 Å². The van der Waals surface area contributed by atoms with Crippen LogP contribution in [0.1, 0.15) is 59.2 Å². The highest BCUT2D eigenvalue weighted by atomic mass is 16.5. The number of likely N-dealkylation sites (tertiary alicyclic amines) is 1. The molecule has 1 aromatic carbocycles. The summed E-state index contributed by atoms with van der Waals surface area (Å²) in [6.07, 6.45) is 1.28. The van der Waals surface area contributed by atoms with Gasteiger partial charge in [-0.05, 0) is 57.7 Å². The molecule has 2 aromatic rings. The molecule has 1 aliphatic heterocycles. The summed E-state index contributed by atoms with van der Waals surface area (Å²) in [5.41, 5.74) is 3.64. The summed E-state index contributed by atoms with van der Waals surface area (Å²) in [4.78, 5) is 7.31. The van der Waals surface area contributed by atoms with Gasteiger partial charge in [-0.15, -0.1) is 0 Å². The van der Waals surface area contributed by atoms with E-state index in [9.17, 15) is 0 Å². The van der Waals surface area contributed by atoms with Gasteiger partial charge in [-0.25, -0.2) is 0 Å². The van der Waals surface area contributed by atoms with Crippen LogP contribution < -0.4 is 4.74 Å². The van der Waals surface area contributed by atoms with Crippen LogP contribution in [0.3, 0.4) is 0 Å². The zero-order valence-electron chi connectivity index (χ0n) is 17.7. The second-order valence-corrected chi connectivity index (χ2v) is 9.96. The van der Waals surface area contributed by atoms with Crippen molar-refractivity contribution in [1.29, 1.82) is 0 Å². The number of pyridine rings is 1. The Morgan fingerprint density at radius 2 is 1.73 bits per heavy atom. The first-order valence-electron chi connectivity index (χ1n) is 9.76. The molecule has 0 radical (unpaired) electrons. The molecule has 0 aliphatic carbocycles. The second kappa shape index (κ2) is 6.53. The number of hydrogen-bond acceptors (Lipinski definition) is 3. The van der Waals surface area contributed by atoms with Gasteiger partial charge in [0, 0.05) is 41.7 Å². The minimum absolute atomic E-state index is 0.142. The molecular formula is C23H34N2O. The van der Waals surface area contributed by atoms with Gasteiger partial charge in [-0.3, -0.25) is 9.88 Å². The summed E-state index contributed by atoms with van der Waals surface area (Å²) >= 11 is 0.